The minimum atomic E-state index is -0.837. The molecule has 96 valence electrons. The van der Waals surface area contributed by atoms with Gasteiger partial charge in [-0.3, -0.25) is 0 Å². The summed E-state index contributed by atoms with van der Waals surface area (Å²) in [6.07, 6.45) is 0. The number of hydrogen-bond donors (Lipinski definition) is 2. The largest absolute Gasteiger partial charge is 0.399 e. The van der Waals surface area contributed by atoms with Gasteiger partial charge in [0.1, 0.15) is 5.69 Å². The molecule has 2 aromatic carbocycles. The van der Waals surface area contributed by atoms with E-state index in [9.17, 15) is 8.78 Å². The Bertz CT molecular complexity index is 657. The monoisotopic (exact) mass is 279 g/mol. The van der Waals surface area contributed by atoms with E-state index in [1.165, 1.54) is 18.2 Å². The van der Waals surface area contributed by atoms with E-state index in [0.29, 0.717) is 5.56 Å². The van der Waals surface area contributed by atoms with Crippen LogP contribution in [0.1, 0.15) is 5.56 Å². The van der Waals surface area contributed by atoms with E-state index >= 15 is 0 Å². The lowest BCUT2D eigenvalue weighted by atomic mass is 10.2. The fourth-order valence-corrected chi connectivity index (χ4v) is 1.70. The Balaban J connectivity index is 2.45. The molecule has 3 nitrogen and oxygen atoms in total. The second kappa shape index (κ2) is 5.12. The molecule has 0 bridgehead atoms. The van der Waals surface area contributed by atoms with E-state index in [1.807, 2.05) is 6.07 Å². The molecular weight excluding hydrogens is 272 g/mol. The number of benzene rings is 2. The predicted molar refractivity (Wildman–Crippen MR) is 70.2 cm³/mol. The summed E-state index contributed by atoms with van der Waals surface area (Å²) >= 11 is 5.90. The Hall–Kier alpha value is -2.32. The molecular formula is C13H8ClF2N3. The fraction of sp³-hybridized carbons (Fsp3) is 0. The van der Waals surface area contributed by atoms with Gasteiger partial charge in [0.25, 0.3) is 0 Å². The average molecular weight is 280 g/mol. The van der Waals surface area contributed by atoms with Crippen LogP contribution in [-0.2, 0) is 0 Å². The van der Waals surface area contributed by atoms with Gasteiger partial charge in [-0.05, 0) is 30.3 Å². The first-order chi connectivity index (χ1) is 9.01. The quantitative estimate of drug-likeness (QED) is 0.822. The SMILES string of the molecule is N#Cc1ccc(Cl)c(Nc2c(F)cc(N)cc2F)c1. The zero-order chi connectivity index (χ0) is 14.0. The molecule has 0 saturated carbocycles. The lowest BCUT2D eigenvalue weighted by Crippen LogP contribution is -2.00. The first-order valence-electron chi connectivity index (χ1n) is 5.22. The number of nitrogen functional groups attached to an aromatic ring is 1. The van der Waals surface area contributed by atoms with Crippen LogP contribution < -0.4 is 11.1 Å². The van der Waals surface area contributed by atoms with Crippen molar-refractivity contribution in [3.8, 4) is 6.07 Å². The topological polar surface area (TPSA) is 61.8 Å². The molecule has 0 spiro atoms. The number of hydrogen-bond acceptors (Lipinski definition) is 3. The Morgan fingerprint density at radius 3 is 2.37 bits per heavy atom. The van der Waals surface area contributed by atoms with Gasteiger partial charge in [-0.15, -0.1) is 0 Å². The minimum absolute atomic E-state index is 0.0163. The molecule has 2 aromatic rings. The summed E-state index contributed by atoms with van der Waals surface area (Å²) in [6, 6.07) is 8.27. The van der Waals surface area contributed by atoms with Gasteiger partial charge in [-0.2, -0.15) is 5.26 Å². The van der Waals surface area contributed by atoms with Crippen molar-refractivity contribution in [2.75, 3.05) is 11.1 Å². The average Bonchev–Trinajstić information content (AvgIpc) is 2.35. The summed E-state index contributed by atoms with van der Waals surface area (Å²) in [5, 5.41) is 11.5. The maximum atomic E-state index is 13.6. The highest BCUT2D eigenvalue weighted by Gasteiger charge is 2.12. The third-order valence-corrected chi connectivity index (χ3v) is 2.75. The van der Waals surface area contributed by atoms with Crippen LogP contribution >= 0.6 is 11.6 Å². The van der Waals surface area contributed by atoms with Gasteiger partial charge < -0.3 is 11.1 Å². The zero-order valence-electron chi connectivity index (χ0n) is 9.55. The van der Waals surface area contributed by atoms with Crippen molar-refractivity contribution in [2.45, 2.75) is 0 Å². The number of anilines is 3. The lowest BCUT2D eigenvalue weighted by Gasteiger charge is -2.11. The highest BCUT2D eigenvalue weighted by molar-refractivity contribution is 6.33. The Kier molecular flexibility index (Phi) is 3.54. The Morgan fingerprint density at radius 2 is 1.79 bits per heavy atom. The maximum Gasteiger partial charge on any atom is 0.151 e. The van der Waals surface area contributed by atoms with Gasteiger partial charge in [0.2, 0.25) is 0 Å². The standard InChI is InChI=1S/C13H8ClF2N3/c14-9-2-1-7(6-17)3-12(9)19-13-10(15)4-8(18)5-11(13)16/h1-5,19H,18H2. The van der Waals surface area contributed by atoms with Crippen LogP contribution in [0.15, 0.2) is 30.3 Å². The van der Waals surface area contributed by atoms with Crippen LogP contribution in [0.5, 0.6) is 0 Å². The number of nitrogens with one attached hydrogen (secondary N) is 1. The van der Waals surface area contributed by atoms with Gasteiger partial charge >= 0.3 is 0 Å². The van der Waals surface area contributed by atoms with Crippen molar-refractivity contribution in [3.63, 3.8) is 0 Å². The first kappa shape index (κ1) is 13.1. The maximum absolute atomic E-state index is 13.6. The molecule has 0 radical (unpaired) electrons. The summed E-state index contributed by atoms with van der Waals surface area (Å²) < 4.78 is 27.2. The van der Waals surface area contributed by atoms with Gasteiger partial charge in [0.15, 0.2) is 11.6 Å². The molecule has 6 heteroatoms. The van der Waals surface area contributed by atoms with Gasteiger partial charge in [0.05, 0.1) is 22.3 Å². The number of nitrogens with two attached hydrogens (primary N) is 1. The molecule has 19 heavy (non-hydrogen) atoms. The first-order valence-corrected chi connectivity index (χ1v) is 5.60. The summed E-state index contributed by atoms with van der Waals surface area (Å²) in [5.74, 6) is -1.67. The lowest BCUT2D eigenvalue weighted by molar-refractivity contribution is 0.592. The van der Waals surface area contributed by atoms with Crippen LogP contribution in [0.25, 0.3) is 0 Å². The molecule has 0 aliphatic rings. The fourth-order valence-electron chi connectivity index (χ4n) is 1.54. The van der Waals surface area contributed by atoms with Gasteiger partial charge in [0, 0.05) is 5.69 Å². The second-order valence-electron chi connectivity index (χ2n) is 3.79. The third-order valence-electron chi connectivity index (χ3n) is 2.42. The molecule has 0 aliphatic carbocycles. The van der Waals surface area contributed by atoms with Crippen molar-refractivity contribution in [3.05, 3.63) is 52.6 Å². The molecule has 0 aromatic heterocycles. The zero-order valence-corrected chi connectivity index (χ0v) is 10.3. The number of nitrogens with zero attached hydrogens (tertiary/aromatic N) is 1. The minimum Gasteiger partial charge on any atom is -0.399 e. The summed E-state index contributed by atoms with van der Waals surface area (Å²) in [5.41, 5.74) is 5.50. The summed E-state index contributed by atoms with van der Waals surface area (Å²) in [6.45, 7) is 0. The van der Waals surface area contributed by atoms with Gasteiger partial charge in [-0.1, -0.05) is 11.6 Å². The van der Waals surface area contributed by atoms with Crippen molar-refractivity contribution in [1.82, 2.24) is 0 Å². The molecule has 0 heterocycles. The predicted octanol–water partition coefficient (Wildman–Crippen LogP) is 3.82. The number of rotatable bonds is 2. The van der Waals surface area contributed by atoms with Crippen LogP contribution in [-0.4, -0.2) is 0 Å². The van der Waals surface area contributed by atoms with Crippen LogP contribution in [0.4, 0.5) is 25.8 Å². The molecule has 0 saturated heterocycles. The summed E-state index contributed by atoms with van der Waals surface area (Å²) in [7, 11) is 0. The van der Waals surface area contributed by atoms with Crippen molar-refractivity contribution in [1.29, 1.82) is 5.26 Å². The number of nitriles is 1. The van der Waals surface area contributed by atoms with Crippen molar-refractivity contribution >= 4 is 28.7 Å². The van der Waals surface area contributed by atoms with E-state index in [2.05, 4.69) is 5.32 Å². The van der Waals surface area contributed by atoms with Crippen LogP contribution in [0, 0.1) is 23.0 Å². The van der Waals surface area contributed by atoms with E-state index in [0.717, 1.165) is 12.1 Å². The van der Waals surface area contributed by atoms with Crippen LogP contribution in [0.2, 0.25) is 5.02 Å². The normalized spacial score (nSPS) is 10.0. The molecule has 0 unspecified atom stereocenters. The number of halogens is 3. The van der Waals surface area contributed by atoms with E-state index < -0.39 is 11.6 Å². The molecule has 0 atom stereocenters. The smallest absolute Gasteiger partial charge is 0.151 e. The highest BCUT2D eigenvalue weighted by atomic mass is 35.5. The molecule has 0 amide bonds. The van der Waals surface area contributed by atoms with E-state index in [-0.39, 0.29) is 22.1 Å². The van der Waals surface area contributed by atoms with Gasteiger partial charge in [-0.25, -0.2) is 8.78 Å². The molecule has 0 fully saturated rings. The molecule has 0 aliphatic heterocycles. The van der Waals surface area contributed by atoms with Crippen molar-refractivity contribution in [2.24, 2.45) is 0 Å². The Morgan fingerprint density at radius 1 is 1.16 bits per heavy atom. The van der Waals surface area contributed by atoms with Crippen molar-refractivity contribution < 1.29 is 8.78 Å². The second-order valence-corrected chi connectivity index (χ2v) is 4.20. The van der Waals surface area contributed by atoms with E-state index in [1.54, 1.807) is 0 Å². The molecule has 3 N–H and O–H groups in total. The highest BCUT2D eigenvalue weighted by Crippen LogP contribution is 2.30. The van der Waals surface area contributed by atoms with Crippen LogP contribution in [0.3, 0.4) is 0 Å². The third kappa shape index (κ3) is 2.75. The van der Waals surface area contributed by atoms with E-state index in [4.69, 9.17) is 22.6 Å². The molecule has 2 rings (SSSR count). The summed E-state index contributed by atoms with van der Waals surface area (Å²) in [4.78, 5) is 0. The Labute approximate surface area is 113 Å².